The molecule has 0 radical (unpaired) electrons. The Morgan fingerprint density at radius 1 is 1.21 bits per heavy atom. The summed E-state index contributed by atoms with van der Waals surface area (Å²) in [5.74, 6) is -0.116. The molecule has 0 atom stereocenters. The molecule has 0 N–H and O–H groups in total. The monoisotopic (exact) mass is 197 g/mol. The zero-order valence-electron chi connectivity index (χ0n) is 9.76. The number of halogens is 1. The van der Waals surface area contributed by atoms with Crippen molar-refractivity contribution in [3.63, 3.8) is 0 Å². The molecule has 0 saturated heterocycles. The summed E-state index contributed by atoms with van der Waals surface area (Å²) >= 11 is 0. The van der Waals surface area contributed by atoms with Gasteiger partial charge in [-0.2, -0.15) is 0 Å². The van der Waals surface area contributed by atoms with Gasteiger partial charge in [0.2, 0.25) is 0 Å². The van der Waals surface area contributed by atoms with Crippen LogP contribution in [0.15, 0.2) is 18.2 Å². The Morgan fingerprint density at radius 2 is 1.79 bits per heavy atom. The van der Waals surface area contributed by atoms with E-state index in [2.05, 4.69) is 0 Å². The van der Waals surface area contributed by atoms with Crippen molar-refractivity contribution < 1.29 is 4.39 Å². The minimum atomic E-state index is -0.116. The predicted octanol–water partition coefficient (Wildman–Crippen LogP) is 3.22. The van der Waals surface area contributed by atoms with Gasteiger partial charge in [0.15, 0.2) is 0 Å². The molecule has 2 heteroatoms. The maximum absolute atomic E-state index is 13.1. The van der Waals surface area contributed by atoms with Crippen molar-refractivity contribution in [2.24, 2.45) is 0 Å². The highest BCUT2D eigenvalue weighted by Crippen LogP contribution is 2.10. The molecule has 0 heterocycles. The van der Waals surface area contributed by atoms with Crippen molar-refractivity contribution in [1.29, 1.82) is 0 Å². The standard InChI is InChI=1S/C10H14FN.C2H6/c1-8-4-5-10(11)9(6-8)7-12(2)3;1-2/h4-6H,7H2,1-3H3;1-2H3. The fraction of sp³-hybridized carbons (Fsp3) is 0.500. The fourth-order valence-electron chi connectivity index (χ4n) is 1.17. The second kappa shape index (κ2) is 6.55. The predicted molar refractivity (Wildman–Crippen MR) is 59.9 cm³/mol. The molecule has 0 spiro atoms. The summed E-state index contributed by atoms with van der Waals surface area (Å²) in [6.45, 7) is 6.63. The zero-order chi connectivity index (χ0) is 11.1. The molecule has 0 aliphatic carbocycles. The van der Waals surface area contributed by atoms with Gasteiger partial charge < -0.3 is 4.90 Å². The number of nitrogens with zero attached hydrogens (tertiary/aromatic N) is 1. The third-order valence-electron chi connectivity index (χ3n) is 1.69. The van der Waals surface area contributed by atoms with E-state index < -0.39 is 0 Å². The number of rotatable bonds is 2. The van der Waals surface area contributed by atoms with Crippen molar-refractivity contribution in [2.75, 3.05) is 14.1 Å². The van der Waals surface area contributed by atoms with Gasteiger partial charge in [-0.1, -0.05) is 31.5 Å². The van der Waals surface area contributed by atoms with Gasteiger partial charge in [-0.3, -0.25) is 0 Å². The van der Waals surface area contributed by atoms with Gasteiger partial charge in [0.25, 0.3) is 0 Å². The molecule has 0 aliphatic heterocycles. The summed E-state index contributed by atoms with van der Waals surface area (Å²) in [6.07, 6.45) is 0. The first-order valence-corrected chi connectivity index (χ1v) is 4.99. The summed E-state index contributed by atoms with van der Waals surface area (Å²) in [4.78, 5) is 1.96. The number of benzene rings is 1. The minimum absolute atomic E-state index is 0.116. The van der Waals surface area contributed by atoms with Gasteiger partial charge in [-0.15, -0.1) is 0 Å². The summed E-state index contributed by atoms with van der Waals surface area (Å²) < 4.78 is 13.1. The van der Waals surface area contributed by atoms with E-state index in [1.165, 1.54) is 6.07 Å². The van der Waals surface area contributed by atoms with Crippen LogP contribution in [0.3, 0.4) is 0 Å². The molecule has 80 valence electrons. The maximum atomic E-state index is 13.1. The number of hydrogen-bond donors (Lipinski definition) is 0. The summed E-state index contributed by atoms with van der Waals surface area (Å²) in [5.41, 5.74) is 1.87. The van der Waals surface area contributed by atoms with E-state index in [0.29, 0.717) is 6.54 Å². The number of hydrogen-bond acceptors (Lipinski definition) is 1. The third kappa shape index (κ3) is 4.38. The van der Waals surface area contributed by atoms with Crippen LogP contribution < -0.4 is 0 Å². The van der Waals surface area contributed by atoms with Crippen LogP contribution in [0, 0.1) is 12.7 Å². The molecule has 1 aromatic rings. The van der Waals surface area contributed by atoms with Gasteiger partial charge in [0, 0.05) is 12.1 Å². The molecule has 0 bridgehead atoms. The highest BCUT2D eigenvalue weighted by molar-refractivity contribution is 5.23. The van der Waals surface area contributed by atoms with E-state index in [0.717, 1.165) is 11.1 Å². The van der Waals surface area contributed by atoms with Gasteiger partial charge in [0.1, 0.15) is 5.82 Å². The van der Waals surface area contributed by atoms with Crippen LogP contribution in [0.25, 0.3) is 0 Å². The second-order valence-electron chi connectivity index (χ2n) is 3.33. The molecular weight excluding hydrogens is 177 g/mol. The molecule has 0 fully saturated rings. The molecule has 14 heavy (non-hydrogen) atoms. The van der Waals surface area contributed by atoms with E-state index in [1.54, 1.807) is 6.07 Å². The van der Waals surface area contributed by atoms with Crippen LogP contribution in [0.4, 0.5) is 4.39 Å². The minimum Gasteiger partial charge on any atom is -0.305 e. The normalized spacial score (nSPS) is 9.64. The molecule has 0 unspecified atom stereocenters. The molecule has 0 aromatic heterocycles. The van der Waals surface area contributed by atoms with Crippen LogP contribution in [0.5, 0.6) is 0 Å². The molecular formula is C12H20FN. The number of aryl methyl sites for hydroxylation is 1. The lowest BCUT2D eigenvalue weighted by Gasteiger charge is -2.10. The summed E-state index contributed by atoms with van der Waals surface area (Å²) in [5, 5.41) is 0. The highest BCUT2D eigenvalue weighted by atomic mass is 19.1. The Labute approximate surface area is 86.6 Å². The van der Waals surface area contributed by atoms with E-state index in [-0.39, 0.29) is 5.82 Å². The lowest BCUT2D eigenvalue weighted by Crippen LogP contribution is -2.11. The fourth-order valence-corrected chi connectivity index (χ4v) is 1.17. The Morgan fingerprint density at radius 3 is 2.29 bits per heavy atom. The first-order chi connectivity index (χ1) is 6.59. The SMILES string of the molecule is CC.Cc1ccc(F)c(CN(C)C)c1. The highest BCUT2D eigenvalue weighted by Gasteiger charge is 2.02. The Bertz CT molecular complexity index is 269. The summed E-state index contributed by atoms with van der Waals surface area (Å²) in [7, 11) is 3.86. The van der Waals surface area contributed by atoms with Crippen molar-refractivity contribution in [1.82, 2.24) is 4.90 Å². The van der Waals surface area contributed by atoms with E-state index in [9.17, 15) is 4.39 Å². The Hall–Kier alpha value is -0.890. The molecule has 0 amide bonds. The summed E-state index contributed by atoms with van der Waals surface area (Å²) in [6, 6.07) is 5.19. The maximum Gasteiger partial charge on any atom is 0.127 e. The molecule has 0 aliphatic rings. The smallest absolute Gasteiger partial charge is 0.127 e. The first kappa shape index (κ1) is 13.1. The van der Waals surface area contributed by atoms with Crippen molar-refractivity contribution in [3.05, 3.63) is 35.1 Å². The molecule has 0 saturated carbocycles. The van der Waals surface area contributed by atoms with E-state index >= 15 is 0 Å². The quantitative estimate of drug-likeness (QED) is 0.703. The van der Waals surface area contributed by atoms with Crippen molar-refractivity contribution >= 4 is 0 Å². The van der Waals surface area contributed by atoms with E-state index in [1.807, 2.05) is 45.8 Å². The van der Waals surface area contributed by atoms with Gasteiger partial charge in [-0.05, 0) is 27.1 Å². The van der Waals surface area contributed by atoms with Crippen molar-refractivity contribution in [2.45, 2.75) is 27.3 Å². The van der Waals surface area contributed by atoms with Crippen LogP contribution in [0.2, 0.25) is 0 Å². The van der Waals surface area contributed by atoms with Gasteiger partial charge >= 0.3 is 0 Å². The third-order valence-corrected chi connectivity index (χ3v) is 1.69. The van der Waals surface area contributed by atoms with E-state index in [4.69, 9.17) is 0 Å². The average Bonchev–Trinajstić information content (AvgIpc) is 2.14. The molecule has 1 aromatic carbocycles. The largest absolute Gasteiger partial charge is 0.305 e. The van der Waals surface area contributed by atoms with Crippen LogP contribution in [0.1, 0.15) is 25.0 Å². The Balaban J connectivity index is 0.000000791. The van der Waals surface area contributed by atoms with Gasteiger partial charge in [-0.25, -0.2) is 4.39 Å². The zero-order valence-corrected chi connectivity index (χ0v) is 9.76. The Kier molecular flexibility index (Phi) is 6.13. The second-order valence-corrected chi connectivity index (χ2v) is 3.33. The van der Waals surface area contributed by atoms with Crippen LogP contribution >= 0.6 is 0 Å². The molecule has 1 rings (SSSR count). The lowest BCUT2D eigenvalue weighted by atomic mass is 10.1. The molecule has 1 nitrogen and oxygen atoms in total. The lowest BCUT2D eigenvalue weighted by molar-refractivity contribution is 0.392. The van der Waals surface area contributed by atoms with Crippen molar-refractivity contribution in [3.8, 4) is 0 Å². The first-order valence-electron chi connectivity index (χ1n) is 4.99. The van der Waals surface area contributed by atoms with Crippen LogP contribution in [-0.4, -0.2) is 19.0 Å². The van der Waals surface area contributed by atoms with Gasteiger partial charge in [0.05, 0.1) is 0 Å². The average molecular weight is 197 g/mol. The topological polar surface area (TPSA) is 3.24 Å². The van der Waals surface area contributed by atoms with Crippen LogP contribution in [-0.2, 0) is 6.54 Å².